The third-order valence-electron chi connectivity index (χ3n) is 6.78. The van der Waals surface area contributed by atoms with Crippen LogP contribution >= 0.6 is 0 Å². The standard InChI is InChI=1S/C27H35N3O2/c1-21-9-7-15-29(19-21)20-24-13-6-5-12-23(24)18-28-27(32)25-14-8-16-30(25)26(31)17-22-10-3-2-4-11-22/h2-6,10-13,21,25H,7-9,14-20H2,1H3,(H,28,32). The van der Waals surface area contributed by atoms with Gasteiger partial charge in [-0.15, -0.1) is 0 Å². The molecule has 2 unspecified atom stereocenters. The Hall–Kier alpha value is -2.66. The molecule has 0 saturated carbocycles. The molecule has 2 amide bonds. The zero-order chi connectivity index (χ0) is 22.3. The van der Waals surface area contributed by atoms with Gasteiger partial charge in [0.1, 0.15) is 6.04 Å². The fourth-order valence-electron chi connectivity index (χ4n) is 5.07. The van der Waals surface area contributed by atoms with Crippen molar-refractivity contribution in [2.75, 3.05) is 19.6 Å². The number of carbonyl (C=O) groups is 2. The van der Waals surface area contributed by atoms with Gasteiger partial charge in [-0.1, -0.05) is 61.5 Å². The number of nitrogens with zero attached hydrogens (tertiary/aromatic N) is 2. The van der Waals surface area contributed by atoms with Gasteiger partial charge in [0.15, 0.2) is 0 Å². The number of benzene rings is 2. The quantitative estimate of drug-likeness (QED) is 0.723. The normalized spacial score (nSPS) is 21.5. The number of piperidine rings is 1. The summed E-state index contributed by atoms with van der Waals surface area (Å²) in [6, 6.07) is 17.8. The minimum atomic E-state index is -0.360. The van der Waals surface area contributed by atoms with E-state index in [1.165, 1.54) is 24.0 Å². The highest BCUT2D eigenvalue weighted by molar-refractivity contribution is 5.89. The first-order valence-corrected chi connectivity index (χ1v) is 12.0. The van der Waals surface area contributed by atoms with Crippen LogP contribution in [0.4, 0.5) is 0 Å². The van der Waals surface area contributed by atoms with Crippen LogP contribution in [0.3, 0.4) is 0 Å². The van der Waals surface area contributed by atoms with Crippen molar-refractivity contribution in [1.82, 2.24) is 15.1 Å². The molecule has 0 bridgehead atoms. The minimum Gasteiger partial charge on any atom is -0.350 e. The Kier molecular flexibility index (Phi) is 7.59. The van der Waals surface area contributed by atoms with Crippen molar-refractivity contribution in [2.24, 2.45) is 5.92 Å². The molecule has 5 heteroatoms. The van der Waals surface area contributed by atoms with Crippen LogP contribution in [0, 0.1) is 5.92 Å². The molecule has 2 aromatic carbocycles. The van der Waals surface area contributed by atoms with Gasteiger partial charge in [0.05, 0.1) is 6.42 Å². The summed E-state index contributed by atoms with van der Waals surface area (Å²) in [5.41, 5.74) is 3.44. The van der Waals surface area contributed by atoms with Gasteiger partial charge in [0.2, 0.25) is 11.8 Å². The Bertz CT molecular complexity index is 914. The molecule has 2 aliphatic rings. The fraction of sp³-hybridized carbons (Fsp3) is 0.481. The molecule has 0 radical (unpaired) electrons. The fourth-order valence-corrected chi connectivity index (χ4v) is 5.07. The van der Waals surface area contributed by atoms with E-state index in [1.807, 2.05) is 36.4 Å². The first-order chi connectivity index (χ1) is 15.6. The summed E-state index contributed by atoms with van der Waals surface area (Å²) >= 11 is 0. The smallest absolute Gasteiger partial charge is 0.243 e. The Morgan fingerprint density at radius 2 is 1.66 bits per heavy atom. The van der Waals surface area contributed by atoms with E-state index in [9.17, 15) is 9.59 Å². The predicted octanol–water partition coefficient (Wildman–Crippen LogP) is 3.77. The average Bonchev–Trinajstić information content (AvgIpc) is 3.29. The first kappa shape index (κ1) is 22.5. The summed E-state index contributed by atoms with van der Waals surface area (Å²) in [6.45, 7) is 6.71. The van der Waals surface area contributed by atoms with E-state index in [0.717, 1.165) is 44.0 Å². The number of rotatable bonds is 7. The lowest BCUT2D eigenvalue weighted by Gasteiger charge is -2.31. The topological polar surface area (TPSA) is 52.7 Å². The van der Waals surface area contributed by atoms with Crippen molar-refractivity contribution in [2.45, 2.75) is 58.2 Å². The highest BCUT2D eigenvalue weighted by atomic mass is 16.2. The third kappa shape index (κ3) is 5.77. The number of likely N-dealkylation sites (tertiary alicyclic amines) is 2. The van der Waals surface area contributed by atoms with Crippen molar-refractivity contribution in [3.63, 3.8) is 0 Å². The van der Waals surface area contributed by atoms with Gasteiger partial charge >= 0.3 is 0 Å². The highest BCUT2D eigenvalue weighted by Crippen LogP contribution is 2.21. The van der Waals surface area contributed by atoms with Crippen LogP contribution in [-0.4, -0.2) is 47.3 Å². The number of hydrogen-bond donors (Lipinski definition) is 1. The van der Waals surface area contributed by atoms with E-state index in [-0.39, 0.29) is 17.9 Å². The molecule has 1 N–H and O–H groups in total. The summed E-state index contributed by atoms with van der Waals surface area (Å²) in [4.78, 5) is 30.2. The van der Waals surface area contributed by atoms with E-state index < -0.39 is 0 Å². The highest BCUT2D eigenvalue weighted by Gasteiger charge is 2.33. The van der Waals surface area contributed by atoms with E-state index in [4.69, 9.17) is 0 Å². The lowest BCUT2D eigenvalue weighted by atomic mass is 9.99. The predicted molar refractivity (Wildman–Crippen MR) is 127 cm³/mol. The molecule has 2 atom stereocenters. The maximum absolute atomic E-state index is 13.0. The van der Waals surface area contributed by atoms with E-state index >= 15 is 0 Å². The molecule has 32 heavy (non-hydrogen) atoms. The van der Waals surface area contributed by atoms with Crippen LogP contribution in [0.15, 0.2) is 54.6 Å². The molecule has 2 heterocycles. The van der Waals surface area contributed by atoms with Crippen LogP contribution in [0.5, 0.6) is 0 Å². The van der Waals surface area contributed by atoms with E-state index in [2.05, 4.69) is 35.3 Å². The van der Waals surface area contributed by atoms with Crippen molar-refractivity contribution in [3.05, 3.63) is 71.3 Å². The zero-order valence-electron chi connectivity index (χ0n) is 19.1. The van der Waals surface area contributed by atoms with E-state index in [1.54, 1.807) is 4.90 Å². The molecule has 5 nitrogen and oxygen atoms in total. The van der Waals surface area contributed by atoms with Crippen molar-refractivity contribution in [3.8, 4) is 0 Å². The zero-order valence-corrected chi connectivity index (χ0v) is 19.1. The first-order valence-electron chi connectivity index (χ1n) is 12.0. The van der Waals surface area contributed by atoms with Crippen LogP contribution in [0.2, 0.25) is 0 Å². The van der Waals surface area contributed by atoms with Crippen LogP contribution in [0.25, 0.3) is 0 Å². The number of amides is 2. The second-order valence-electron chi connectivity index (χ2n) is 9.38. The van der Waals surface area contributed by atoms with Gasteiger partial charge in [-0.2, -0.15) is 0 Å². The Labute approximate surface area is 191 Å². The maximum atomic E-state index is 13.0. The molecule has 4 rings (SSSR count). The Balaban J connectivity index is 1.34. The Morgan fingerprint density at radius 3 is 2.44 bits per heavy atom. The molecular formula is C27H35N3O2. The van der Waals surface area contributed by atoms with Crippen LogP contribution in [0.1, 0.15) is 49.3 Å². The third-order valence-corrected chi connectivity index (χ3v) is 6.78. The minimum absolute atomic E-state index is 0.0356. The van der Waals surface area contributed by atoms with Gasteiger partial charge in [-0.05, 0) is 54.8 Å². The molecule has 0 aliphatic carbocycles. The second-order valence-corrected chi connectivity index (χ2v) is 9.38. The second kappa shape index (κ2) is 10.8. The van der Waals surface area contributed by atoms with Crippen LogP contribution in [-0.2, 0) is 29.1 Å². The number of nitrogens with one attached hydrogen (secondary N) is 1. The number of carbonyl (C=O) groups excluding carboxylic acids is 2. The molecule has 0 aromatic heterocycles. The van der Waals surface area contributed by atoms with Gasteiger partial charge in [0.25, 0.3) is 0 Å². The van der Waals surface area contributed by atoms with E-state index in [0.29, 0.717) is 19.5 Å². The summed E-state index contributed by atoms with van der Waals surface area (Å²) in [7, 11) is 0. The van der Waals surface area contributed by atoms with Gasteiger partial charge in [-0.3, -0.25) is 14.5 Å². The van der Waals surface area contributed by atoms with Crippen LogP contribution < -0.4 is 5.32 Å². The maximum Gasteiger partial charge on any atom is 0.243 e. The molecule has 2 aliphatic heterocycles. The van der Waals surface area contributed by atoms with Gasteiger partial charge in [-0.25, -0.2) is 0 Å². The Morgan fingerprint density at radius 1 is 0.938 bits per heavy atom. The summed E-state index contributed by atoms with van der Waals surface area (Å²) in [6.07, 6.45) is 4.54. The molecule has 170 valence electrons. The lowest BCUT2D eigenvalue weighted by molar-refractivity contribution is -0.138. The SMILES string of the molecule is CC1CCCN(Cc2ccccc2CNC(=O)C2CCCN2C(=O)Cc2ccccc2)C1. The summed E-state index contributed by atoms with van der Waals surface area (Å²) in [5.74, 6) is 0.746. The molecule has 2 aromatic rings. The monoisotopic (exact) mass is 433 g/mol. The summed E-state index contributed by atoms with van der Waals surface area (Å²) < 4.78 is 0. The molecule has 2 saturated heterocycles. The summed E-state index contributed by atoms with van der Waals surface area (Å²) in [5, 5.41) is 3.12. The average molecular weight is 434 g/mol. The van der Waals surface area contributed by atoms with Crippen molar-refractivity contribution >= 4 is 11.8 Å². The van der Waals surface area contributed by atoms with Gasteiger partial charge in [0, 0.05) is 26.2 Å². The lowest BCUT2D eigenvalue weighted by Crippen LogP contribution is -2.46. The van der Waals surface area contributed by atoms with Gasteiger partial charge < -0.3 is 10.2 Å². The largest absolute Gasteiger partial charge is 0.350 e. The van der Waals surface area contributed by atoms with Crippen molar-refractivity contribution in [1.29, 1.82) is 0 Å². The molecule has 0 spiro atoms. The molecular weight excluding hydrogens is 398 g/mol. The number of hydrogen-bond acceptors (Lipinski definition) is 3. The van der Waals surface area contributed by atoms with Crippen molar-refractivity contribution < 1.29 is 9.59 Å². The molecule has 2 fully saturated rings.